The monoisotopic (exact) mass is 354 g/mol. The molecule has 0 radical (unpaired) electrons. The molecular weight excluding hydrogens is 347 g/mol. The van der Waals surface area contributed by atoms with Gasteiger partial charge in [0.05, 0.1) is 5.69 Å². The highest BCUT2D eigenvalue weighted by atomic mass is 35.7. The third-order valence-corrected chi connectivity index (χ3v) is 4.46. The molecule has 0 spiro atoms. The Kier molecular flexibility index (Phi) is 4.53. The van der Waals surface area contributed by atoms with Crippen LogP contribution in [0.15, 0.2) is 17.0 Å². The average molecular weight is 356 g/mol. The van der Waals surface area contributed by atoms with Crippen molar-refractivity contribution >= 4 is 42.9 Å². The average Bonchev–Trinajstić information content (AvgIpc) is 2.67. The standard InChI is InChI=1S/C10H9Cl3N4O2S/c1-2-3-6-9(20(13,18)19)10(12)17(16-6)8-5-4-7(11)14-15-8/h4-5H,2-3H2,1H3. The smallest absolute Gasteiger partial charge is 0.207 e. The van der Waals surface area contributed by atoms with E-state index in [1.54, 1.807) is 0 Å². The zero-order valence-corrected chi connectivity index (χ0v) is 13.3. The molecule has 0 aliphatic carbocycles. The Labute approximate surface area is 130 Å². The topological polar surface area (TPSA) is 77.7 Å². The van der Waals surface area contributed by atoms with Gasteiger partial charge in [-0.05, 0) is 18.6 Å². The maximum atomic E-state index is 11.6. The van der Waals surface area contributed by atoms with E-state index in [2.05, 4.69) is 15.3 Å². The van der Waals surface area contributed by atoms with E-state index in [1.807, 2.05) is 6.92 Å². The first-order valence-corrected chi connectivity index (χ1v) is 8.62. The summed E-state index contributed by atoms with van der Waals surface area (Å²) in [7, 11) is 1.41. The summed E-state index contributed by atoms with van der Waals surface area (Å²) in [6.45, 7) is 1.89. The molecule has 0 saturated heterocycles. The van der Waals surface area contributed by atoms with Crippen LogP contribution >= 0.6 is 33.9 Å². The Balaban J connectivity index is 2.64. The lowest BCUT2D eigenvalue weighted by Gasteiger charge is -2.00. The highest BCUT2D eigenvalue weighted by Gasteiger charge is 2.27. The number of hydrogen-bond acceptors (Lipinski definition) is 5. The van der Waals surface area contributed by atoms with Crippen LogP contribution in [0, 0.1) is 0 Å². The van der Waals surface area contributed by atoms with Gasteiger partial charge >= 0.3 is 0 Å². The first-order chi connectivity index (χ1) is 9.34. The van der Waals surface area contributed by atoms with E-state index in [0.717, 1.165) is 0 Å². The lowest BCUT2D eigenvalue weighted by Crippen LogP contribution is -2.01. The molecule has 20 heavy (non-hydrogen) atoms. The van der Waals surface area contributed by atoms with E-state index in [1.165, 1.54) is 16.8 Å². The first-order valence-electron chi connectivity index (χ1n) is 5.56. The van der Waals surface area contributed by atoms with E-state index in [0.29, 0.717) is 18.5 Å². The van der Waals surface area contributed by atoms with Gasteiger partial charge in [0.2, 0.25) is 0 Å². The fourth-order valence-electron chi connectivity index (χ4n) is 1.64. The predicted octanol–water partition coefficient (Wildman–Crippen LogP) is 2.85. The van der Waals surface area contributed by atoms with Crippen molar-refractivity contribution in [3.05, 3.63) is 28.1 Å². The van der Waals surface area contributed by atoms with Crippen molar-refractivity contribution in [1.82, 2.24) is 20.0 Å². The van der Waals surface area contributed by atoms with Gasteiger partial charge in [-0.3, -0.25) is 0 Å². The third-order valence-electron chi connectivity index (χ3n) is 2.42. The summed E-state index contributed by atoms with van der Waals surface area (Å²) in [6.07, 6.45) is 1.12. The third kappa shape index (κ3) is 3.06. The van der Waals surface area contributed by atoms with Gasteiger partial charge in [-0.25, -0.2) is 13.1 Å². The highest BCUT2D eigenvalue weighted by molar-refractivity contribution is 8.13. The molecule has 0 aliphatic rings. The van der Waals surface area contributed by atoms with Gasteiger partial charge in [0.25, 0.3) is 9.05 Å². The molecule has 6 nitrogen and oxygen atoms in total. The molecule has 0 atom stereocenters. The molecule has 2 aromatic heterocycles. The Bertz CT molecular complexity index is 728. The van der Waals surface area contributed by atoms with Crippen molar-refractivity contribution in [2.45, 2.75) is 24.7 Å². The lowest BCUT2D eigenvalue weighted by molar-refractivity contribution is 0.608. The minimum Gasteiger partial charge on any atom is -0.207 e. The van der Waals surface area contributed by atoms with Crippen molar-refractivity contribution in [3.63, 3.8) is 0 Å². The summed E-state index contributed by atoms with van der Waals surface area (Å²) in [4.78, 5) is -0.195. The normalized spacial score (nSPS) is 11.8. The van der Waals surface area contributed by atoms with Crippen LogP contribution < -0.4 is 0 Å². The molecular formula is C10H9Cl3N4O2S. The molecule has 0 saturated carbocycles. The van der Waals surface area contributed by atoms with Crippen molar-refractivity contribution in [2.75, 3.05) is 0 Å². The summed E-state index contributed by atoms with van der Waals surface area (Å²) < 4.78 is 24.4. The van der Waals surface area contributed by atoms with Crippen LogP contribution in [0.3, 0.4) is 0 Å². The number of aryl methyl sites for hydroxylation is 1. The molecule has 0 bridgehead atoms. The molecule has 0 fully saturated rings. The van der Waals surface area contributed by atoms with Crippen molar-refractivity contribution < 1.29 is 8.42 Å². The summed E-state index contributed by atoms with van der Waals surface area (Å²) in [5, 5.41) is 11.7. The highest BCUT2D eigenvalue weighted by Crippen LogP contribution is 2.30. The van der Waals surface area contributed by atoms with Crippen LogP contribution in [0.4, 0.5) is 0 Å². The number of hydrogen-bond donors (Lipinski definition) is 0. The fourth-order valence-corrected chi connectivity index (χ4v) is 3.60. The van der Waals surface area contributed by atoms with Crippen LogP contribution in [-0.4, -0.2) is 28.4 Å². The quantitative estimate of drug-likeness (QED) is 0.788. The van der Waals surface area contributed by atoms with Crippen LogP contribution in [0.5, 0.6) is 0 Å². The SMILES string of the molecule is CCCc1nn(-c2ccc(Cl)nn2)c(Cl)c1S(=O)(=O)Cl. The minimum absolute atomic E-state index is 0.125. The van der Waals surface area contributed by atoms with Gasteiger partial charge in [0.1, 0.15) is 4.90 Å². The molecule has 0 N–H and O–H groups in total. The Hall–Kier alpha value is -0.890. The Morgan fingerprint density at radius 2 is 1.95 bits per heavy atom. The minimum atomic E-state index is -4.00. The van der Waals surface area contributed by atoms with Crippen molar-refractivity contribution in [1.29, 1.82) is 0 Å². The molecule has 0 amide bonds. The van der Waals surface area contributed by atoms with E-state index in [4.69, 9.17) is 33.9 Å². The first kappa shape index (κ1) is 15.5. The Morgan fingerprint density at radius 1 is 1.25 bits per heavy atom. The van der Waals surface area contributed by atoms with Crippen LogP contribution in [0.1, 0.15) is 19.0 Å². The molecule has 2 rings (SSSR count). The van der Waals surface area contributed by atoms with Gasteiger partial charge in [0, 0.05) is 10.7 Å². The maximum Gasteiger partial charge on any atom is 0.266 e. The van der Waals surface area contributed by atoms with Gasteiger partial charge in [0.15, 0.2) is 16.1 Å². The molecule has 2 heterocycles. The van der Waals surface area contributed by atoms with Gasteiger partial charge in [-0.2, -0.15) is 5.10 Å². The summed E-state index contributed by atoms with van der Waals surface area (Å²) in [5.74, 6) is 0.253. The summed E-state index contributed by atoms with van der Waals surface area (Å²) in [5.41, 5.74) is 0.296. The van der Waals surface area contributed by atoms with Crippen LogP contribution in [-0.2, 0) is 15.5 Å². The second kappa shape index (κ2) is 5.85. The molecule has 0 unspecified atom stereocenters. The second-order valence-electron chi connectivity index (χ2n) is 3.88. The van der Waals surface area contributed by atoms with E-state index < -0.39 is 9.05 Å². The van der Waals surface area contributed by atoms with Gasteiger partial charge in [-0.1, -0.05) is 36.5 Å². The van der Waals surface area contributed by atoms with Crippen LogP contribution in [0.25, 0.3) is 5.82 Å². The number of rotatable bonds is 4. The van der Waals surface area contributed by atoms with E-state index >= 15 is 0 Å². The fraction of sp³-hybridized carbons (Fsp3) is 0.300. The molecule has 10 heteroatoms. The van der Waals surface area contributed by atoms with Crippen molar-refractivity contribution in [3.8, 4) is 5.82 Å². The molecule has 108 valence electrons. The molecule has 0 aliphatic heterocycles. The van der Waals surface area contributed by atoms with E-state index in [9.17, 15) is 8.42 Å². The van der Waals surface area contributed by atoms with E-state index in [-0.39, 0.29) is 21.0 Å². The second-order valence-corrected chi connectivity index (χ2v) is 7.13. The van der Waals surface area contributed by atoms with Gasteiger partial charge in [-0.15, -0.1) is 10.2 Å². The predicted molar refractivity (Wildman–Crippen MR) is 76.2 cm³/mol. The molecule has 0 aromatic carbocycles. The molecule has 2 aromatic rings. The Morgan fingerprint density at radius 3 is 2.45 bits per heavy atom. The van der Waals surface area contributed by atoms with Gasteiger partial charge < -0.3 is 0 Å². The maximum absolute atomic E-state index is 11.6. The number of halogens is 3. The lowest BCUT2D eigenvalue weighted by atomic mass is 10.2. The van der Waals surface area contributed by atoms with Crippen molar-refractivity contribution in [2.24, 2.45) is 0 Å². The number of nitrogens with zero attached hydrogens (tertiary/aromatic N) is 4. The zero-order chi connectivity index (χ0) is 14.9. The van der Waals surface area contributed by atoms with Crippen LogP contribution in [0.2, 0.25) is 10.3 Å². The summed E-state index contributed by atoms with van der Waals surface area (Å²) >= 11 is 11.7. The zero-order valence-electron chi connectivity index (χ0n) is 10.2. The summed E-state index contributed by atoms with van der Waals surface area (Å²) in [6, 6.07) is 3.02. The number of aromatic nitrogens is 4. The largest absolute Gasteiger partial charge is 0.266 e.